The Kier molecular flexibility index (Phi) is 9.43. The van der Waals surface area contributed by atoms with Gasteiger partial charge in [-0.25, -0.2) is 8.42 Å². The lowest BCUT2D eigenvalue weighted by molar-refractivity contribution is -0.139. The van der Waals surface area contributed by atoms with Crippen molar-refractivity contribution in [3.05, 3.63) is 62.6 Å². The molecule has 2 rings (SSSR count). The molecule has 1 N–H and O–H groups in total. The van der Waals surface area contributed by atoms with Gasteiger partial charge in [-0.3, -0.25) is 13.9 Å². The molecule has 1 atom stereocenters. The molecule has 0 fully saturated rings. The summed E-state index contributed by atoms with van der Waals surface area (Å²) in [6, 6.07) is 8.65. The molecule has 11 heteroatoms. The van der Waals surface area contributed by atoms with Crippen LogP contribution in [-0.2, 0) is 26.2 Å². The number of amides is 2. The van der Waals surface area contributed by atoms with Crippen LogP contribution >= 0.6 is 34.8 Å². The van der Waals surface area contributed by atoms with Gasteiger partial charge in [0, 0.05) is 28.2 Å². The summed E-state index contributed by atoms with van der Waals surface area (Å²) in [7, 11) is -3.83. The van der Waals surface area contributed by atoms with Crippen LogP contribution in [0.3, 0.4) is 0 Å². The Morgan fingerprint density at radius 2 is 1.67 bits per heavy atom. The van der Waals surface area contributed by atoms with Crippen molar-refractivity contribution < 1.29 is 18.0 Å². The number of carbonyl (C=O) groups excluding carboxylic acids is 2. The average molecular weight is 535 g/mol. The van der Waals surface area contributed by atoms with Crippen LogP contribution in [0.25, 0.3) is 0 Å². The highest BCUT2D eigenvalue weighted by Crippen LogP contribution is 2.27. The summed E-state index contributed by atoms with van der Waals surface area (Å²) in [6.45, 7) is 4.91. The van der Waals surface area contributed by atoms with E-state index in [2.05, 4.69) is 5.32 Å². The van der Waals surface area contributed by atoms with E-state index < -0.39 is 28.5 Å². The van der Waals surface area contributed by atoms with Crippen LogP contribution in [0.1, 0.15) is 25.0 Å². The molecule has 2 aromatic carbocycles. The highest BCUT2D eigenvalue weighted by molar-refractivity contribution is 7.92. The molecule has 7 nitrogen and oxygen atoms in total. The van der Waals surface area contributed by atoms with Crippen LogP contribution in [0.5, 0.6) is 0 Å². The SMILES string of the molecule is CCNC(=O)[C@@H](C)N(Cc1ccc(Cl)cc1Cl)C(=O)CN(c1ccc(Cl)cc1C)S(C)(=O)=O. The van der Waals surface area contributed by atoms with Crippen molar-refractivity contribution in [1.29, 1.82) is 0 Å². The minimum atomic E-state index is -3.83. The molecule has 0 aliphatic rings. The molecular weight excluding hydrogens is 509 g/mol. The Labute approximate surface area is 209 Å². The number of carbonyl (C=O) groups is 2. The number of hydrogen-bond acceptors (Lipinski definition) is 4. The van der Waals surface area contributed by atoms with Gasteiger partial charge in [0.1, 0.15) is 12.6 Å². The third-order valence-electron chi connectivity index (χ3n) is 4.98. The number of rotatable bonds is 9. The van der Waals surface area contributed by atoms with Crippen LogP contribution in [-0.4, -0.2) is 50.5 Å². The first-order valence-electron chi connectivity index (χ1n) is 10.1. The largest absolute Gasteiger partial charge is 0.355 e. The third-order valence-corrected chi connectivity index (χ3v) is 6.93. The van der Waals surface area contributed by atoms with E-state index in [1.807, 2.05) is 0 Å². The van der Waals surface area contributed by atoms with Crippen molar-refractivity contribution in [2.24, 2.45) is 0 Å². The molecule has 0 saturated heterocycles. The quantitative estimate of drug-likeness (QED) is 0.520. The van der Waals surface area contributed by atoms with Gasteiger partial charge in [-0.15, -0.1) is 0 Å². The number of halogens is 3. The standard InChI is InChI=1S/C22H26Cl3N3O4S/c1-5-26-22(30)15(3)27(12-16-6-7-18(24)11-19(16)25)21(29)13-28(33(4,31)32)20-9-8-17(23)10-14(20)2/h6-11,15H,5,12-13H2,1-4H3,(H,26,30)/t15-/m1/s1. The summed E-state index contributed by atoms with van der Waals surface area (Å²) in [5, 5.41) is 3.89. The first kappa shape index (κ1) is 27.2. The molecule has 33 heavy (non-hydrogen) atoms. The average Bonchev–Trinajstić information content (AvgIpc) is 2.70. The second-order valence-corrected chi connectivity index (χ2v) is 10.7. The predicted octanol–water partition coefficient (Wildman–Crippen LogP) is 4.27. The summed E-state index contributed by atoms with van der Waals surface area (Å²) >= 11 is 18.3. The van der Waals surface area contributed by atoms with Gasteiger partial charge in [-0.1, -0.05) is 40.9 Å². The van der Waals surface area contributed by atoms with Gasteiger partial charge in [-0.05, 0) is 62.2 Å². The zero-order valence-electron chi connectivity index (χ0n) is 18.7. The molecule has 0 saturated carbocycles. The lowest BCUT2D eigenvalue weighted by atomic mass is 10.1. The van der Waals surface area contributed by atoms with Crippen molar-refractivity contribution in [2.45, 2.75) is 33.4 Å². The molecule has 2 aromatic rings. The monoisotopic (exact) mass is 533 g/mol. The van der Waals surface area contributed by atoms with E-state index in [1.165, 1.54) is 11.0 Å². The molecule has 0 aliphatic heterocycles. The lowest BCUT2D eigenvalue weighted by Crippen LogP contribution is -2.51. The Morgan fingerprint density at radius 3 is 2.21 bits per heavy atom. The van der Waals surface area contributed by atoms with E-state index in [0.717, 1.165) is 10.6 Å². The zero-order valence-corrected chi connectivity index (χ0v) is 21.8. The molecule has 0 bridgehead atoms. The number of hydrogen-bond donors (Lipinski definition) is 1. The molecule has 180 valence electrons. The van der Waals surface area contributed by atoms with Crippen LogP contribution < -0.4 is 9.62 Å². The molecule has 0 aliphatic carbocycles. The summed E-state index contributed by atoms with van der Waals surface area (Å²) in [4.78, 5) is 27.3. The number of nitrogens with one attached hydrogen (secondary N) is 1. The van der Waals surface area contributed by atoms with Gasteiger partial charge >= 0.3 is 0 Å². The van der Waals surface area contributed by atoms with Crippen LogP contribution in [0.2, 0.25) is 15.1 Å². The fourth-order valence-electron chi connectivity index (χ4n) is 3.23. The predicted molar refractivity (Wildman–Crippen MR) is 134 cm³/mol. The molecule has 0 unspecified atom stereocenters. The van der Waals surface area contributed by atoms with Gasteiger partial charge in [0.25, 0.3) is 0 Å². The van der Waals surface area contributed by atoms with Gasteiger partial charge in [-0.2, -0.15) is 0 Å². The van der Waals surface area contributed by atoms with Crippen molar-refractivity contribution in [1.82, 2.24) is 10.2 Å². The normalized spacial score (nSPS) is 12.2. The van der Waals surface area contributed by atoms with Crippen LogP contribution in [0.15, 0.2) is 36.4 Å². The third kappa shape index (κ3) is 7.24. The number of anilines is 1. The Morgan fingerprint density at radius 1 is 1.06 bits per heavy atom. The Bertz CT molecular complexity index is 1140. The summed E-state index contributed by atoms with van der Waals surface area (Å²) in [5.41, 5.74) is 1.48. The summed E-state index contributed by atoms with van der Waals surface area (Å²) in [5.74, 6) is -0.941. The van der Waals surface area contributed by atoms with E-state index in [9.17, 15) is 18.0 Å². The van der Waals surface area contributed by atoms with Crippen molar-refractivity contribution in [3.8, 4) is 0 Å². The summed E-state index contributed by atoms with van der Waals surface area (Å²) < 4.78 is 26.2. The van der Waals surface area contributed by atoms with E-state index in [4.69, 9.17) is 34.8 Å². The topological polar surface area (TPSA) is 86.8 Å². The van der Waals surface area contributed by atoms with Crippen molar-refractivity contribution in [3.63, 3.8) is 0 Å². The molecule has 2 amide bonds. The van der Waals surface area contributed by atoms with Crippen LogP contribution in [0, 0.1) is 6.92 Å². The van der Waals surface area contributed by atoms with Gasteiger partial charge < -0.3 is 10.2 Å². The molecule has 0 heterocycles. The lowest BCUT2D eigenvalue weighted by Gasteiger charge is -2.32. The second kappa shape index (κ2) is 11.4. The highest BCUT2D eigenvalue weighted by Gasteiger charge is 2.30. The maximum atomic E-state index is 13.4. The Hall–Kier alpha value is -2.00. The minimum Gasteiger partial charge on any atom is -0.355 e. The minimum absolute atomic E-state index is 0.00958. The van der Waals surface area contributed by atoms with E-state index in [0.29, 0.717) is 38.4 Å². The number of nitrogens with zero attached hydrogens (tertiary/aromatic N) is 2. The first-order valence-corrected chi connectivity index (χ1v) is 13.1. The zero-order chi connectivity index (χ0) is 24.9. The fourth-order valence-corrected chi connectivity index (χ4v) is 4.83. The number of aryl methyl sites for hydroxylation is 1. The van der Waals surface area contributed by atoms with E-state index in [-0.39, 0.29) is 12.5 Å². The number of likely N-dealkylation sites (N-methyl/N-ethyl adjacent to an activating group) is 1. The van der Waals surface area contributed by atoms with Crippen LogP contribution in [0.4, 0.5) is 5.69 Å². The maximum absolute atomic E-state index is 13.4. The Balaban J connectivity index is 2.45. The van der Waals surface area contributed by atoms with Gasteiger partial charge in [0.15, 0.2) is 0 Å². The summed E-state index contributed by atoms with van der Waals surface area (Å²) in [6.07, 6.45) is 1.02. The van der Waals surface area contributed by atoms with Crippen molar-refractivity contribution in [2.75, 3.05) is 23.7 Å². The first-order chi connectivity index (χ1) is 15.3. The maximum Gasteiger partial charge on any atom is 0.244 e. The smallest absolute Gasteiger partial charge is 0.244 e. The number of benzene rings is 2. The molecular formula is C22H26Cl3N3O4S. The molecule has 0 spiro atoms. The molecule has 0 radical (unpaired) electrons. The van der Waals surface area contributed by atoms with Gasteiger partial charge in [0.05, 0.1) is 11.9 Å². The van der Waals surface area contributed by atoms with E-state index >= 15 is 0 Å². The second-order valence-electron chi connectivity index (χ2n) is 7.53. The number of sulfonamides is 1. The van der Waals surface area contributed by atoms with E-state index in [1.54, 1.807) is 51.1 Å². The van der Waals surface area contributed by atoms with Crippen molar-refractivity contribution >= 4 is 62.3 Å². The molecule has 0 aromatic heterocycles. The fraction of sp³-hybridized carbons (Fsp3) is 0.364. The van der Waals surface area contributed by atoms with Gasteiger partial charge in [0.2, 0.25) is 21.8 Å². The highest BCUT2D eigenvalue weighted by atomic mass is 35.5.